The summed E-state index contributed by atoms with van der Waals surface area (Å²) in [6.45, 7) is 2.93. The lowest BCUT2D eigenvalue weighted by molar-refractivity contribution is -0.384. The van der Waals surface area contributed by atoms with Gasteiger partial charge in [-0.2, -0.15) is 0 Å². The van der Waals surface area contributed by atoms with E-state index in [0.29, 0.717) is 25.9 Å². The van der Waals surface area contributed by atoms with Crippen molar-refractivity contribution in [3.63, 3.8) is 0 Å². The van der Waals surface area contributed by atoms with Gasteiger partial charge in [-0.05, 0) is 24.8 Å². The molecule has 1 aromatic rings. The fourth-order valence-corrected chi connectivity index (χ4v) is 3.21. The number of carbonyl (C=O) groups is 2. The first-order valence-electron chi connectivity index (χ1n) is 11.6. The van der Waals surface area contributed by atoms with Crippen molar-refractivity contribution in [1.29, 1.82) is 0 Å². The van der Waals surface area contributed by atoms with E-state index >= 15 is 0 Å². The Labute approximate surface area is 185 Å². The molecule has 0 atom stereocenters. The zero-order valence-electron chi connectivity index (χ0n) is 18.8. The van der Waals surface area contributed by atoms with Crippen molar-refractivity contribution in [2.24, 2.45) is 0 Å². The molecule has 0 heterocycles. The highest BCUT2D eigenvalue weighted by atomic mass is 16.6. The number of benzene rings is 1. The van der Waals surface area contributed by atoms with Crippen molar-refractivity contribution in [2.45, 2.75) is 90.4 Å². The van der Waals surface area contributed by atoms with Gasteiger partial charge in [-0.1, -0.05) is 64.0 Å². The number of nitrogens with zero attached hydrogens (tertiary/aromatic N) is 1. The third-order valence-corrected chi connectivity index (χ3v) is 5.05. The Bertz CT molecular complexity index is 661. The van der Waals surface area contributed by atoms with Crippen molar-refractivity contribution >= 4 is 17.6 Å². The Morgan fingerprint density at radius 3 is 2.03 bits per heavy atom. The van der Waals surface area contributed by atoms with Gasteiger partial charge in [-0.25, -0.2) is 0 Å². The minimum absolute atomic E-state index is 0.0446. The van der Waals surface area contributed by atoms with Gasteiger partial charge in [0.15, 0.2) is 0 Å². The van der Waals surface area contributed by atoms with E-state index in [1.54, 1.807) is 12.1 Å². The van der Waals surface area contributed by atoms with Crippen LogP contribution in [-0.2, 0) is 25.5 Å². The number of carbonyl (C=O) groups excluding carboxylic acids is 2. The second-order valence-electron chi connectivity index (χ2n) is 7.80. The summed E-state index contributed by atoms with van der Waals surface area (Å²) in [6.07, 6.45) is 11.5. The number of hydrogen-bond donors (Lipinski definition) is 0. The molecular formula is C24H37NO6. The molecule has 0 unspecified atom stereocenters. The maximum Gasteiger partial charge on any atom is 0.305 e. The van der Waals surface area contributed by atoms with Crippen molar-refractivity contribution in [1.82, 2.24) is 0 Å². The highest BCUT2D eigenvalue weighted by molar-refractivity contribution is 5.69. The summed E-state index contributed by atoms with van der Waals surface area (Å²) in [5.41, 5.74) is 0.825. The van der Waals surface area contributed by atoms with Gasteiger partial charge in [0, 0.05) is 31.4 Å². The quantitative estimate of drug-likeness (QED) is 0.123. The molecule has 31 heavy (non-hydrogen) atoms. The predicted molar refractivity (Wildman–Crippen MR) is 120 cm³/mol. The molecule has 0 bridgehead atoms. The highest BCUT2D eigenvalue weighted by Gasteiger charge is 2.07. The summed E-state index contributed by atoms with van der Waals surface area (Å²) in [4.78, 5) is 33.7. The fraction of sp³-hybridized carbons (Fsp3) is 0.667. The Morgan fingerprint density at radius 2 is 1.42 bits per heavy atom. The van der Waals surface area contributed by atoms with Gasteiger partial charge in [0.25, 0.3) is 5.69 Å². The largest absolute Gasteiger partial charge is 0.466 e. The topological polar surface area (TPSA) is 95.7 Å². The van der Waals surface area contributed by atoms with Gasteiger partial charge in [0.2, 0.25) is 0 Å². The van der Waals surface area contributed by atoms with Crippen LogP contribution in [0.3, 0.4) is 0 Å². The number of unbranched alkanes of at least 4 members (excludes halogenated alkanes) is 8. The zero-order chi connectivity index (χ0) is 22.7. The molecule has 174 valence electrons. The summed E-state index contributed by atoms with van der Waals surface area (Å²) in [6, 6.07) is 6.36. The fourth-order valence-electron chi connectivity index (χ4n) is 3.21. The lowest BCUT2D eigenvalue weighted by atomic mass is 10.1. The summed E-state index contributed by atoms with van der Waals surface area (Å²) >= 11 is 0. The van der Waals surface area contributed by atoms with Gasteiger partial charge >= 0.3 is 11.9 Å². The van der Waals surface area contributed by atoms with Gasteiger partial charge in [0.1, 0.15) is 0 Å². The maximum atomic E-state index is 11.8. The van der Waals surface area contributed by atoms with E-state index in [2.05, 4.69) is 6.92 Å². The molecule has 0 aliphatic carbocycles. The normalized spacial score (nSPS) is 10.6. The van der Waals surface area contributed by atoms with Gasteiger partial charge in [-0.3, -0.25) is 19.7 Å². The van der Waals surface area contributed by atoms with Crippen LogP contribution in [0.25, 0.3) is 0 Å². The van der Waals surface area contributed by atoms with Crippen molar-refractivity contribution in [3.8, 4) is 0 Å². The van der Waals surface area contributed by atoms with Crippen LogP contribution in [0.2, 0.25) is 0 Å². The second-order valence-corrected chi connectivity index (χ2v) is 7.80. The molecular weight excluding hydrogens is 398 g/mol. The van der Waals surface area contributed by atoms with E-state index in [4.69, 9.17) is 9.47 Å². The van der Waals surface area contributed by atoms with E-state index in [0.717, 1.165) is 56.9 Å². The number of hydrogen-bond acceptors (Lipinski definition) is 6. The molecule has 0 aliphatic rings. The molecule has 0 amide bonds. The number of nitro benzene ring substituents is 1. The molecule has 0 saturated heterocycles. The third-order valence-electron chi connectivity index (χ3n) is 5.05. The van der Waals surface area contributed by atoms with Crippen LogP contribution in [0.1, 0.15) is 89.5 Å². The maximum absolute atomic E-state index is 11.8. The smallest absolute Gasteiger partial charge is 0.305 e. The number of rotatable bonds is 18. The molecule has 0 aliphatic heterocycles. The van der Waals surface area contributed by atoms with E-state index in [9.17, 15) is 19.7 Å². The number of esters is 2. The Kier molecular flexibility index (Phi) is 14.8. The van der Waals surface area contributed by atoms with Gasteiger partial charge in [0.05, 0.1) is 18.1 Å². The molecule has 1 aromatic carbocycles. The van der Waals surface area contributed by atoms with Crippen LogP contribution in [0.5, 0.6) is 0 Å². The van der Waals surface area contributed by atoms with Crippen molar-refractivity contribution in [3.05, 3.63) is 39.9 Å². The minimum atomic E-state index is -0.434. The molecule has 1 rings (SSSR count). The minimum Gasteiger partial charge on any atom is -0.466 e. The van der Waals surface area contributed by atoms with Crippen LogP contribution in [0.4, 0.5) is 5.69 Å². The van der Waals surface area contributed by atoms with Crippen LogP contribution >= 0.6 is 0 Å². The van der Waals surface area contributed by atoms with E-state index in [1.807, 2.05) is 0 Å². The molecule has 0 fully saturated rings. The molecule has 0 N–H and O–H groups in total. The molecule has 7 heteroatoms. The Hall–Kier alpha value is -2.44. The first kappa shape index (κ1) is 26.6. The lowest BCUT2D eigenvalue weighted by Gasteiger charge is -2.06. The zero-order valence-corrected chi connectivity index (χ0v) is 18.8. The summed E-state index contributed by atoms with van der Waals surface area (Å²) in [5.74, 6) is -0.323. The SMILES string of the molecule is CCCCCCOC(=O)CCCCCCCCC(=O)OCCc1cccc([N+](=O)[O-])c1. The molecule has 0 saturated carbocycles. The Balaban J connectivity index is 1.94. The lowest BCUT2D eigenvalue weighted by Crippen LogP contribution is -2.07. The third kappa shape index (κ3) is 14.2. The molecule has 0 aromatic heterocycles. The van der Waals surface area contributed by atoms with E-state index in [1.165, 1.54) is 25.0 Å². The van der Waals surface area contributed by atoms with Crippen molar-refractivity contribution in [2.75, 3.05) is 13.2 Å². The molecule has 0 spiro atoms. The van der Waals surface area contributed by atoms with Crippen LogP contribution in [0, 0.1) is 10.1 Å². The number of non-ortho nitro benzene ring substituents is 1. The molecule has 7 nitrogen and oxygen atoms in total. The van der Waals surface area contributed by atoms with E-state index < -0.39 is 4.92 Å². The summed E-state index contributed by atoms with van der Waals surface area (Å²) < 4.78 is 10.4. The predicted octanol–water partition coefficient (Wildman–Crippen LogP) is 5.92. The van der Waals surface area contributed by atoms with Crippen LogP contribution < -0.4 is 0 Å². The van der Waals surface area contributed by atoms with Crippen molar-refractivity contribution < 1.29 is 24.0 Å². The second kappa shape index (κ2) is 17.3. The Morgan fingerprint density at radius 1 is 0.839 bits per heavy atom. The van der Waals surface area contributed by atoms with E-state index in [-0.39, 0.29) is 24.2 Å². The number of nitro groups is 1. The van der Waals surface area contributed by atoms with Crippen LogP contribution in [-0.4, -0.2) is 30.1 Å². The highest BCUT2D eigenvalue weighted by Crippen LogP contribution is 2.14. The molecule has 0 radical (unpaired) electrons. The summed E-state index contributed by atoms with van der Waals surface area (Å²) in [5, 5.41) is 10.8. The van der Waals surface area contributed by atoms with Gasteiger partial charge < -0.3 is 9.47 Å². The van der Waals surface area contributed by atoms with Gasteiger partial charge in [-0.15, -0.1) is 0 Å². The number of ether oxygens (including phenoxy) is 2. The van der Waals surface area contributed by atoms with Crippen LogP contribution in [0.15, 0.2) is 24.3 Å². The standard InChI is InChI=1S/C24H37NO6/c1-2-3-4-11-18-30-23(26)15-9-7-5-6-8-10-16-24(27)31-19-17-21-13-12-14-22(20-21)25(28)29/h12-14,20H,2-11,15-19H2,1H3. The first-order chi connectivity index (χ1) is 15.0. The average molecular weight is 436 g/mol. The monoisotopic (exact) mass is 435 g/mol. The first-order valence-corrected chi connectivity index (χ1v) is 11.6. The average Bonchev–Trinajstić information content (AvgIpc) is 2.75. The summed E-state index contributed by atoms with van der Waals surface area (Å²) in [7, 11) is 0.